The van der Waals surface area contributed by atoms with Crippen molar-refractivity contribution in [2.45, 2.75) is 13.2 Å². The second kappa shape index (κ2) is 6.08. The van der Waals surface area contributed by atoms with Gasteiger partial charge in [0.2, 0.25) is 0 Å². The average Bonchev–Trinajstić information content (AvgIpc) is 2.73. The van der Waals surface area contributed by atoms with Crippen LogP contribution in [0.25, 0.3) is 12.3 Å². The zero-order valence-corrected chi connectivity index (χ0v) is 13.0. The van der Waals surface area contributed by atoms with Crippen LogP contribution >= 0.6 is 11.8 Å². The number of fused-ring (bicyclic) bond motifs is 1. The van der Waals surface area contributed by atoms with Gasteiger partial charge in [-0.25, -0.2) is 0 Å². The Morgan fingerprint density at radius 1 is 1.35 bits per heavy atom. The van der Waals surface area contributed by atoms with E-state index >= 15 is 0 Å². The second-order valence-corrected chi connectivity index (χ2v) is 5.52. The third kappa shape index (κ3) is 2.96. The van der Waals surface area contributed by atoms with Crippen LogP contribution in [0, 0.1) is 0 Å². The zero-order chi connectivity index (χ0) is 16.6. The van der Waals surface area contributed by atoms with Crippen LogP contribution in [0.15, 0.2) is 29.1 Å². The highest BCUT2D eigenvalue weighted by atomic mass is 35.5. The molecule has 122 valence electrons. The van der Waals surface area contributed by atoms with Crippen molar-refractivity contribution in [2.24, 2.45) is 7.05 Å². The number of nitrogens with zero attached hydrogens (tertiary/aromatic N) is 3. The predicted octanol–water partition coefficient (Wildman–Crippen LogP) is 0.824. The van der Waals surface area contributed by atoms with E-state index in [1.807, 2.05) is 0 Å². The topological polar surface area (TPSA) is 39.4 Å². The molecule has 0 spiro atoms. The number of alkyl halides is 2. The number of rotatable bonds is 4. The molecule has 0 fully saturated rings. The molecule has 0 saturated carbocycles. The minimum atomic E-state index is -2.91. The Labute approximate surface area is 135 Å². The predicted molar refractivity (Wildman–Crippen MR) is 82.6 cm³/mol. The molecule has 2 aromatic rings. The van der Waals surface area contributed by atoms with Gasteiger partial charge in [0.25, 0.3) is 5.56 Å². The van der Waals surface area contributed by atoms with Crippen LogP contribution in [0.2, 0.25) is 0 Å². The maximum atomic E-state index is 12.5. The van der Waals surface area contributed by atoms with E-state index in [1.165, 1.54) is 15.2 Å². The summed E-state index contributed by atoms with van der Waals surface area (Å²) in [6, 6.07) is 6.50. The number of hydrogen-bond donors (Lipinski definition) is 0. The van der Waals surface area contributed by atoms with Crippen molar-refractivity contribution in [3.05, 3.63) is 50.8 Å². The molecule has 0 amide bonds. The normalized spacial score (nSPS) is 13.5. The summed E-state index contributed by atoms with van der Waals surface area (Å²) in [5, 5.41) is 1.18. The molecule has 0 N–H and O–H groups in total. The summed E-state index contributed by atoms with van der Waals surface area (Å²) in [5.74, 6) is 0.0833. The molecule has 0 saturated heterocycles. The first-order chi connectivity index (χ1) is 11.0. The van der Waals surface area contributed by atoms with Gasteiger partial charge in [0.15, 0.2) is 0 Å². The fourth-order valence-corrected chi connectivity index (χ4v) is 2.75. The van der Waals surface area contributed by atoms with Crippen LogP contribution in [0.4, 0.5) is 8.78 Å². The van der Waals surface area contributed by atoms with E-state index in [0.29, 0.717) is 22.7 Å². The Morgan fingerprint density at radius 3 is 2.83 bits per heavy atom. The van der Waals surface area contributed by atoms with E-state index in [9.17, 15) is 13.6 Å². The number of hydrogen-bond acceptors (Lipinski definition) is 3. The van der Waals surface area contributed by atoms with Crippen LogP contribution in [0.3, 0.4) is 0 Å². The SMILES string of the molecule is Cn1c(=O)c2c(n1Cc1ccccc1OC(F)F)=CN(Cl)CC=2. The number of ether oxygens (including phenoxy) is 1. The minimum absolute atomic E-state index is 0.0833. The van der Waals surface area contributed by atoms with E-state index in [1.54, 1.807) is 42.2 Å². The van der Waals surface area contributed by atoms with Crippen LogP contribution in [-0.2, 0) is 13.6 Å². The molecule has 8 heteroatoms. The maximum absolute atomic E-state index is 12.5. The first-order valence-electron chi connectivity index (χ1n) is 6.90. The third-order valence-electron chi connectivity index (χ3n) is 3.68. The van der Waals surface area contributed by atoms with E-state index in [-0.39, 0.29) is 17.9 Å². The second-order valence-electron chi connectivity index (χ2n) is 5.09. The van der Waals surface area contributed by atoms with Crippen molar-refractivity contribution in [2.75, 3.05) is 6.54 Å². The fourth-order valence-electron chi connectivity index (χ4n) is 2.58. The Morgan fingerprint density at radius 2 is 2.09 bits per heavy atom. The van der Waals surface area contributed by atoms with Gasteiger partial charge in [-0.15, -0.1) is 0 Å². The Bertz CT molecular complexity index is 904. The highest BCUT2D eigenvalue weighted by Gasteiger charge is 2.15. The molecule has 1 aliphatic heterocycles. The number of aromatic nitrogens is 2. The summed E-state index contributed by atoms with van der Waals surface area (Å²) in [6.07, 6.45) is 3.39. The highest BCUT2D eigenvalue weighted by Crippen LogP contribution is 2.20. The lowest BCUT2D eigenvalue weighted by Crippen LogP contribution is -2.40. The van der Waals surface area contributed by atoms with Crippen molar-refractivity contribution in [1.82, 2.24) is 13.8 Å². The molecule has 0 atom stereocenters. The van der Waals surface area contributed by atoms with Gasteiger partial charge >= 0.3 is 6.61 Å². The standard InChI is InChI=1S/C15H14ClF2N3O2/c1-19-14(22)11-6-7-20(16)9-12(11)21(19)8-10-4-2-3-5-13(10)23-15(17)18/h2-6,9,15H,7-8H2,1H3. The monoisotopic (exact) mass is 341 g/mol. The van der Waals surface area contributed by atoms with Gasteiger partial charge in [-0.3, -0.25) is 18.6 Å². The molecule has 0 radical (unpaired) electrons. The Kier molecular flexibility index (Phi) is 4.12. The lowest BCUT2D eigenvalue weighted by Gasteiger charge is -2.15. The molecule has 1 aromatic heterocycles. The number of benzene rings is 1. The third-order valence-corrected chi connectivity index (χ3v) is 3.92. The molecule has 2 heterocycles. The quantitative estimate of drug-likeness (QED) is 0.773. The van der Waals surface area contributed by atoms with Gasteiger partial charge in [-0.1, -0.05) is 18.2 Å². The van der Waals surface area contributed by atoms with Crippen LogP contribution in [-0.4, -0.2) is 26.9 Å². The highest BCUT2D eigenvalue weighted by molar-refractivity contribution is 6.15. The number of halogens is 3. The summed E-state index contributed by atoms with van der Waals surface area (Å²) in [6.45, 7) is -2.27. The molecule has 1 aromatic carbocycles. The molecule has 3 rings (SSSR count). The lowest BCUT2D eigenvalue weighted by molar-refractivity contribution is -0.0505. The fraction of sp³-hybridized carbons (Fsp3) is 0.267. The van der Waals surface area contributed by atoms with E-state index < -0.39 is 6.61 Å². The molecule has 23 heavy (non-hydrogen) atoms. The van der Waals surface area contributed by atoms with Crippen molar-refractivity contribution in [3.8, 4) is 5.75 Å². The molecule has 0 unspecified atom stereocenters. The Balaban J connectivity index is 2.10. The first kappa shape index (κ1) is 15.6. The molecule has 5 nitrogen and oxygen atoms in total. The van der Waals surface area contributed by atoms with Gasteiger partial charge < -0.3 is 4.74 Å². The van der Waals surface area contributed by atoms with Crippen molar-refractivity contribution in [1.29, 1.82) is 0 Å². The van der Waals surface area contributed by atoms with Gasteiger partial charge in [-0.05, 0) is 12.1 Å². The summed E-state index contributed by atoms with van der Waals surface area (Å²) in [4.78, 5) is 12.3. The van der Waals surface area contributed by atoms with Gasteiger partial charge in [0, 0.05) is 30.6 Å². The average molecular weight is 342 g/mol. The van der Waals surface area contributed by atoms with Crippen LogP contribution in [0.5, 0.6) is 5.75 Å². The summed E-state index contributed by atoms with van der Waals surface area (Å²) >= 11 is 5.98. The zero-order valence-electron chi connectivity index (χ0n) is 12.2. The van der Waals surface area contributed by atoms with E-state index in [4.69, 9.17) is 11.8 Å². The van der Waals surface area contributed by atoms with Gasteiger partial charge in [0.1, 0.15) is 5.75 Å². The lowest BCUT2D eigenvalue weighted by atomic mass is 10.2. The summed E-state index contributed by atoms with van der Waals surface area (Å²) in [5.41, 5.74) is 0.384. The van der Waals surface area contributed by atoms with Crippen LogP contribution < -0.4 is 20.9 Å². The molecule has 0 aliphatic carbocycles. The molecule has 0 bridgehead atoms. The minimum Gasteiger partial charge on any atom is -0.434 e. The van der Waals surface area contributed by atoms with Gasteiger partial charge in [-0.2, -0.15) is 8.78 Å². The smallest absolute Gasteiger partial charge is 0.387 e. The Hall–Kier alpha value is -2.28. The number of para-hydroxylation sites is 1. The van der Waals surface area contributed by atoms with Crippen molar-refractivity contribution in [3.63, 3.8) is 0 Å². The summed E-state index contributed by atoms with van der Waals surface area (Å²) in [7, 11) is 1.62. The molecular formula is C15H14ClF2N3O2. The van der Waals surface area contributed by atoms with E-state index in [0.717, 1.165) is 0 Å². The molecule has 1 aliphatic rings. The van der Waals surface area contributed by atoms with Crippen molar-refractivity contribution >= 4 is 24.1 Å². The molecular weight excluding hydrogens is 328 g/mol. The van der Waals surface area contributed by atoms with Crippen LogP contribution in [0.1, 0.15) is 5.56 Å². The van der Waals surface area contributed by atoms with E-state index in [2.05, 4.69) is 4.74 Å². The largest absolute Gasteiger partial charge is 0.434 e. The first-order valence-corrected chi connectivity index (χ1v) is 7.24. The maximum Gasteiger partial charge on any atom is 0.387 e. The summed E-state index contributed by atoms with van der Waals surface area (Å²) < 4.78 is 34.1. The van der Waals surface area contributed by atoms with Gasteiger partial charge in [0.05, 0.1) is 23.7 Å². The van der Waals surface area contributed by atoms with Crippen molar-refractivity contribution < 1.29 is 13.5 Å².